The molecule has 1 aromatic carbocycles. The van der Waals surface area contributed by atoms with Gasteiger partial charge in [0.05, 0.1) is 10.6 Å². The molecule has 0 saturated carbocycles. The third-order valence-corrected chi connectivity index (χ3v) is 3.32. The minimum Gasteiger partial charge on any atom is -0.437 e. The van der Waals surface area contributed by atoms with Crippen LogP contribution in [-0.4, -0.2) is 9.97 Å². The Hall–Kier alpha value is -1.52. The minimum atomic E-state index is 0.148. The zero-order valence-electron chi connectivity index (χ0n) is 11.4. The van der Waals surface area contributed by atoms with Gasteiger partial charge in [-0.1, -0.05) is 37.0 Å². The summed E-state index contributed by atoms with van der Waals surface area (Å²) in [5, 5.41) is 0.991. The summed E-state index contributed by atoms with van der Waals surface area (Å²) >= 11 is 12.0. The van der Waals surface area contributed by atoms with Crippen LogP contribution in [0.3, 0.4) is 0 Å². The van der Waals surface area contributed by atoms with Gasteiger partial charge in [-0.05, 0) is 19.1 Å². The molecular formula is C14H15Cl2N3O. The van der Waals surface area contributed by atoms with E-state index in [0.29, 0.717) is 38.9 Å². The van der Waals surface area contributed by atoms with E-state index < -0.39 is 0 Å². The zero-order chi connectivity index (χ0) is 14.9. The second kappa shape index (κ2) is 5.85. The van der Waals surface area contributed by atoms with Crippen molar-refractivity contribution in [1.82, 2.24) is 9.97 Å². The third-order valence-electron chi connectivity index (χ3n) is 2.77. The Balaban J connectivity index is 2.45. The van der Waals surface area contributed by atoms with Crippen molar-refractivity contribution in [1.29, 1.82) is 0 Å². The van der Waals surface area contributed by atoms with Crippen LogP contribution in [0.2, 0.25) is 10.0 Å². The topological polar surface area (TPSA) is 61.0 Å². The van der Waals surface area contributed by atoms with Crippen molar-refractivity contribution in [3.8, 4) is 11.6 Å². The molecule has 20 heavy (non-hydrogen) atoms. The maximum atomic E-state index is 6.08. The van der Waals surface area contributed by atoms with Crippen molar-refractivity contribution in [2.45, 2.75) is 26.7 Å². The molecule has 0 fully saturated rings. The lowest BCUT2D eigenvalue weighted by Crippen LogP contribution is -2.06. The molecule has 0 saturated heterocycles. The third kappa shape index (κ3) is 3.14. The largest absolute Gasteiger partial charge is 0.437 e. The van der Waals surface area contributed by atoms with E-state index in [1.54, 1.807) is 25.1 Å². The summed E-state index contributed by atoms with van der Waals surface area (Å²) in [6, 6.07) is 5.00. The Morgan fingerprint density at radius 1 is 1.20 bits per heavy atom. The highest BCUT2D eigenvalue weighted by Crippen LogP contribution is 2.33. The highest BCUT2D eigenvalue weighted by Gasteiger charge is 2.14. The van der Waals surface area contributed by atoms with E-state index in [-0.39, 0.29) is 5.92 Å². The van der Waals surface area contributed by atoms with Gasteiger partial charge in [0.25, 0.3) is 0 Å². The van der Waals surface area contributed by atoms with E-state index in [1.165, 1.54) is 0 Å². The molecule has 4 nitrogen and oxygen atoms in total. The summed E-state index contributed by atoms with van der Waals surface area (Å²) in [6.07, 6.45) is 0. The van der Waals surface area contributed by atoms with Crippen molar-refractivity contribution in [3.05, 3.63) is 39.6 Å². The van der Waals surface area contributed by atoms with Crippen LogP contribution < -0.4 is 10.5 Å². The van der Waals surface area contributed by atoms with Crippen molar-refractivity contribution in [2.75, 3.05) is 5.73 Å². The predicted octanol–water partition coefficient (Wildman–Crippen LogP) is 4.59. The van der Waals surface area contributed by atoms with E-state index in [2.05, 4.69) is 9.97 Å². The molecule has 2 aromatic rings. The standard InChI is InChI=1S/C14H15Cl2N3O/c1-7(2)13-18-12(17)8(3)14(19-13)20-11-6-9(15)4-5-10(11)16/h4-7H,1-3H3,(H2,17,18,19). The quantitative estimate of drug-likeness (QED) is 0.900. The lowest BCUT2D eigenvalue weighted by Gasteiger charge is -2.13. The first-order chi connectivity index (χ1) is 9.38. The number of hydrogen-bond donors (Lipinski definition) is 1. The maximum absolute atomic E-state index is 6.08. The van der Waals surface area contributed by atoms with Gasteiger partial charge in [-0.25, -0.2) is 4.98 Å². The molecule has 1 heterocycles. The normalized spacial score (nSPS) is 10.9. The van der Waals surface area contributed by atoms with Crippen molar-refractivity contribution in [3.63, 3.8) is 0 Å². The molecule has 0 aliphatic rings. The fourth-order valence-electron chi connectivity index (χ4n) is 1.55. The average Bonchev–Trinajstić information content (AvgIpc) is 2.38. The van der Waals surface area contributed by atoms with Crippen LogP contribution in [0.15, 0.2) is 18.2 Å². The maximum Gasteiger partial charge on any atom is 0.227 e. The van der Waals surface area contributed by atoms with Crippen molar-refractivity contribution >= 4 is 29.0 Å². The molecule has 2 rings (SSSR count). The first-order valence-electron chi connectivity index (χ1n) is 6.15. The van der Waals surface area contributed by atoms with Crippen LogP contribution in [0.1, 0.15) is 31.2 Å². The summed E-state index contributed by atoms with van der Waals surface area (Å²) in [7, 11) is 0. The molecule has 6 heteroatoms. The number of nitrogens with two attached hydrogens (primary N) is 1. The molecule has 106 valence electrons. The molecule has 0 spiro atoms. The van der Waals surface area contributed by atoms with Gasteiger partial charge in [-0.2, -0.15) is 4.98 Å². The summed E-state index contributed by atoms with van der Waals surface area (Å²) in [5.41, 5.74) is 6.56. The summed E-state index contributed by atoms with van der Waals surface area (Å²) < 4.78 is 5.74. The molecule has 0 aliphatic carbocycles. The Morgan fingerprint density at radius 3 is 2.55 bits per heavy atom. The van der Waals surface area contributed by atoms with Crippen LogP contribution in [0.25, 0.3) is 0 Å². The van der Waals surface area contributed by atoms with Crippen molar-refractivity contribution in [2.24, 2.45) is 0 Å². The number of hydrogen-bond acceptors (Lipinski definition) is 4. The summed E-state index contributed by atoms with van der Waals surface area (Å²) in [6.45, 7) is 5.77. The number of halogens is 2. The number of anilines is 1. The molecule has 0 aliphatic heterocycles. The van der Waals surface area contributed by atoms with Gasteiger partial charge in [0.2, 0.25) is 5.88 Å². The average molecular weight is 312 g/mol. The van der Waals surface area contributed by atoms with Gasteiger partial charge >= 0.3 is 0 Å². The van der Waals surface area contributed by atoms with Gasteiger partial charge in [-0.3, -0.25) is 0 Å². The highest BCUT2D eigenvalue weighted by atomic mass is 35.5. The molecule has 1 aromatic heterocycles. The van der Waals surface area contributed by atoms with E-state index in [0.717, 1.165) is 0 Å². The van der Waals surface area contributed by atoms with Gasteiger partial charge in [0.15, 0.2) is 0 Å². The van der Waals surface area contributed by atoms with E-state index >= 15 is 0 Å². The lowest BCUT2D eigenvalue weighted by atomic mass is 10.2. The number of benzene rings is 1. The number of nitrogens with zero attached hydrogens (tertiary/aromatic N) is 2. The summed E-state index contributed by atoms with van der Waals surface area (Å²) in [5.74, 6) is 2.01. The molecule has 0 atom stereocenters. The Bertz CT molecular complexity index is 645. The van der Waals surface area contributed by atoms with Gasteiger partial charge < -0.3 is 10.5 Å². The Labute approximate surface area is 127 Å². The Morgan fingerprint density at radius 2 is 1.90 bits per heavy atom. The molecule has 0 radical (unpaired) electrons. The van der Waals surface area contributed by atoms with Crippen LogP contribution in [0.5, 0.6) is 11.6 Å². The SMILES string of the molecule is Cc1c(N)nc(C(C)C)nc1Oc1cc(Cl)ccc1Cl. The second-order valence-corrected chi connectivity index (χ2v) is 5.57. The lowest BCUT2D eigenvalue weighted by molar-refractivity contribution is 0.453. The van der Waals surface area contributed by atoms with Gasteiger partial charge in [0.1, 0.15) is 17.4 Å². The fraction of sp³-hybridized carbons (Fsp3) is 0.286. The molecular weight excluding hydrogens is 297 g/mol. The van der Waals surface area contributed by atoms with Gasteiger partial charge in [-0.15, -0.1) is 0 Å². The first kappa shape index (κ1) is 14.9. The van der Waals surface area contributed by atoms with Crippen LogP contribution in [0.4, 0.5) is 5.82 Å². The van der Waals surface area contributed by atoms with Gasteiger partial charge in [0, 0.05) is 17.0 Å². The van der Waals surface area contributed by atoms with E-state index in [4.69, 9.17) is 33.7 Å². The Kier molecular flexibility index (Phi) is 4.35. The molecule has 0 bridgehead atoms. The van der Waals surface area contributed by atoms with Crippen LogP contribution in [0, 0.1) is 6.92 Å². The van der Waals surface area contributed by atoms with Crippen LogP contribution >= 0.6 is 23.2 Å². The minimum absolute atomic E-state index is 0.148. The van der Waals surface area contributed by atoms with Crippen LogP contribution in [-0.2, 0) is 0 Å². The fourth-order valence-corrected chi connectivity index (χ4v) is 1.87. The predicted molar refractivity (Wildman–Crippen MR) is 81.8 cm³/mol. The number of aromatic nitrogens is 2. The number of rotatable bonds is 3. The number of nitrogen functional groups attached to an aromatic ring is 1. The first-order valence-corrected chi connectivity index (χ1v) is 6.91. The van der Waals surface area contributed by atoms with E-state index in [9.17, 15) is 0 Å². The molecule has 2 N–H and O–H groups in total. The molecule has 0 unspecified atom stereocenters. The zero-order valence-corrected chi connectivity index (χ0v) is 13.0. The van der Waals surface area contributed by atoms with E-state index in [1.807, 2.05) is 13.8 Å². The number of ether oxygens (including phenoxy) is 1. The highest BCUT2D eigenvalue weighted by molar-refractivity contribution is 6.34. The monoisotopic (exact) mass is 311 g/mol. The molecule has 0 amide bonds. The second-order valence-electron chi connectivity index (χ2n) is 4.73. The smallest absolute Gasteiger partial charge is 0.227 e. The summed E-state index contributed by atoms with van der Waals surface area (Å²) in [4.78, 5) is 8.63. The van der Waals surface area contributed by atoms with Crippen molar-refractivity contribution < 1.29 is 4.74 Å².